The molecule has 3 aromatic heterocycles. The molecule has 0 saturated heterocycles. The number of H-pyrrole nitrogens is 1. The minimum Gasteiger partial charge on any atom is -0.377 e. The fraction of sp³-hybridized carbons (Fsp3) is 0.200. The molecule has 0 spiro atoms. The number of ether oxygens (including phenoxy) is 1. The zero-order valence-electron chi connectivity index (χ0n) is 9.04. The highest BCUT2D eigenvalue weighted by Gasteiger charge is 2.08. The fourth-order valence-corrected chi connectivity index (χ4v) is 1.69. The summed E-state index contributed by atoms with van der Waals surface area (Å²) >= 11 is 0. The summed E-state index contributed by atoms with van der Waals surface area (Å²) in [5.41, 5.74) is 0.481. The van der Waals surface area contributed by atoms with Gasteiger partial charge in [0, 0.05) is 19.5 Å². The molecular formula is C10H9N5O2. The Hall–Kier alpha value is -2.28. The SMILES string of the molecule is COCc1nc2ncc3c(=O)[nH]ccc3n2n1. The van der Waals surface area contributed by atoms with Gasteiger partial charge >= 0.3 is 0 Å². The Bertz CT molecular complexity index is 745. The maximum Gasteiger partial charge on any atom is 0.258 e. The van der Waals surface area contributed by atoms with Gasteiger partial charge in [-0.15, -0.1) is 5.10 Å². The third-order valence-electron chi connectivity index (χ3n) is 2.42. The zero-order chi connectivity index (χ0) is 11.8. The monoisotopic (exact) mass is 231 g/mol. The Balaban J connectivity index is 2.39. The average Bonchev–Trinajstić information content (AvgIpc) is 2.73. The van der Waals surface area contributed by atoms with Gasteiger partial charge in [-0.05, 0) is 6.07 Å². The number of methoxy groups -OCH3 is 1. The minimum absolute atomic E-state index is 0.194. The molecule has 0 bridgehead atoms. The van der Waals surface area contributed by atoms with Gasteiger partial charge in [0.05, 0.1) is 10.9 Å². The first-order chi connectivity index (χ1) is 8.29. The van der Waals surface area contributed by atoms with Gasteiger partial charge in [-0.2, -0.15) is 9.50 Å². The lowest BCUT2D eigenvalue weighted by Gasteiger charge is -1.97. The number of pyridine rings is 1. The highest BCUT2D eigenvalue weighted by molar-refractivity contribution is 5.78. The Labute approximate surface area is 95.1 Å². The molecule has 0 amide bonds. The summed E-state index contributed by atoms with van der Waals surface area (Å²) in [5.74, 6) is 0.989. The second-order valence-corrected chi connectivity index (χ2v) is 3.54. The number of nitrogens with zero attached hydrogens (tertiary/aromatic N) is 4. The molecule has 0 radical (unpaired) electrons. The van der Waals surface area contributed by atoms with Crippen LogP contribution in [0.15, 0.2) is 23.3 Å². The van der Waals surface area contributed by atoms with Gasteiger partial charge in [-0.3, -0.25) is 4.79 Å². The van der Waals surface area contributed by atoms with Crippen molar-refractivity contribution in [2.24, 2.45) is 0 Å². The van der Waals surface area contributed by atoms with Gasteiger partial charge in [0.15, 0.2) is 5.82 Å². The first-order valence-corrected chi connectivity index (χ1v) is 5.00. The van der Waals surface area contributed by atoms with Crippen molar-refractivity contribution in [2.75, 3.05) is 7.11 Å². The number of aromatic amines is 1. The molecule has 0 fully saturated rings. The van der Waals surface area contributed by atoms with Crippen LogP contribution in [0, 0.1) is 0 Å². The number of fused-ring (bicyclic) bond motifs is 3. The Morgan fingerprint density at radius 1 is 1.53 bits per heavy atom. The minimum atomic E-state index is -0.194. The summed E-state index contributed by atoms with van der Waals surface area (Å²) in [6.45, 7) is 0.314. The molecule has 17 heavy (non-hydrogen) atoms. The van der Waals surface area contributed by atoms with Gasteiger partial charge in [-0.25, -0.2) is 4.98 Å². The van der Waals surface area contributed by atoms with E-state index >= 15 is 0 Å². The molecule has 0 atom stereocenters. The summed E-state index contributed by atoms with van der Waals surface area (Å²) in [7, 11) is 1.57. The summed E-state index contributed by atoms with van der Waals surface area (Å²) in [4.78, 5) is 22.4. The molecular weight excluding hydrogens is 222 g/mol. The molecule has 0 unspecified atom stereocenters. The van der Waals surface area contributed by atoms with E-state index in [0.717, 1.165) is 0 Å². The van der Waals surface area contributed by atoms with Gasteiger partial charge in [0.2, 0.25) is 0 Å². The van der Waals surface area contributed by atoms with Crippen LogP contribution < -0.4 is 5.56 Å². The normalized spacial score (nSPS) is 11.4. The van der Waals surface area contributed by atoms with Crippen molar-refractivity contribution in [3.63, 3.8) is 0 Å². The molecule has 0 saturated carbocycles. The van der Waals surface area contributed by atoms with Crippen LogP contribution in [0.3, 0.4) is 0 Å². The molecule has 1 N–H and O–H groups in total. The Morgan fingerprint density at radius 2 is 2.41 bits per heavy atom. The Kier molecular flexibility index (Phi) is 2.12. The van der Waals surface area contributed by atoms with Crippen LogP contribution in [0.25, 0.3) is 16.7 Å². The molecule has 7 nitrogen and oxygen atoms in total. The van der Waals surface area contributed by atoms with E-state index in [4.69, 9.17) is 4.74 Å². The number of rotatable bonds is 2. The van der Waals surface area contributed by atoms with Gasteiger partial charge in [0.1, 0.15) is 6.61 Å². The third-order valence-corrected chi connectivity index (χ3v) is 2.42. The quantitative estimate of drug-likeness (QED) is 0.676. The van der Waals surface area contributed by atoms with Crippen molar-refractivity contribution in [2.45, 2.75) is 6.61 Å². The standard InChI is InChI=1S/C10H9N5O2/c1-17-5-8-13-10-12-4-6-7(15(10)14-8)2-3-11-9(6)16/h2-4H,5H2,1H3,(H,11,16). The summed E-state index contributed by atoms with van der Waals surface area (Å²) < 4.78 is 6.50. The van der Waals surface area contributed by atoms with Crippen LogP contribution in [0.4, 0.5) is 0 Å². The van der Waals surface area contributed by atoms with Gasteiger partial charge in [0.25, 0.3) is 11.3 Å². The lowest BCUT2D eigenvalue weighted by atomic mass is 10.3. The van der Waals surface area contributed by atoms with Crippen molar-refractivity contribution < 1.29 is 4.74 Å². The molecule has 7 heteroatoms. The summed E-state index contributed by atoms with van der Waals surface area (Å²) in [6, 6.07) is 1.76. The highest BCUT2D eigenvalue weighted by atomic mass is 16.5. The number of hydrogen-bond acceptors (Lipinski definition) is 5. The zero-order valence-corrected chi connectivity index (χ0v) is 9.04. The van der Waals surface area contributed by atoms with Crippen LogP contribution in [0.5, 0.6) is 0 Å². The van der Waals surface area contributed by atoms with Crippen molar-refractivity contribution in [3.05, 3.63) is 34.6 Å². The van der Waals surface area contributed by atoms with Crippen LogP contribution >= 0.6 is 0 Å². The molecule has 0 aliphatic heterocycles. The van der Waals surface area contributed by atoms with Crippen LogP contribution in [0.2, 0.25) is 0 Å². The van der Waals surface area contributed by atoms with E-state index in [2.05, 4.69) is 20.1 Å². The van der Waals surface area contributed by atoms with Crippen LogP contribution in [0.1, 0.15) is 5.82 Å². The first-order valence-electron chi connectivity index (χ1n) is 5.00. The lowest BCUT2D eigenvalue weighted by molar-refractivity contribution is 0.178. The first kappa shape index (κ1) is 9.91. The van der Waals surface area contributed by atoms with Gasteiger partial charge in [-0.1, -0.05) is 0 Å². The molecule has 0 aromatic carbocycles. The number of hydrogen-bond donors (Lipinski definition) is 1. The maximum absolute atomic E-state index is 11.6. The number of nitrogens with one attached hydrogen (secondary N) is 1. The van der Waals surface area contributed by atoms with Crippen molar-refractivity contribution in [1.29, 1.82) is 0 Å². The molecule has 3 heterocycles. The lowest BCUT2D eigenvalue weighted by Crippen LogP contribution is -2.07. The average molecular weight is 231 g/mol. The van der Waals surface area contributed by atoms with E-state index < -0.39 is 0 Å². The number of aromatic nitrogens is 5. The highest BCUT2D eigenvalue weighted by Crippen LogP contribution is 2.09. The van der Waals surface area contributed by atoms with Crippen molar-refractivity contribution in [1.82, 2.24) is 24.6 Å². The fourth-order valence-electron chi connectivity index (χ4n) is 1.69. The van der Waals surface area contributed by atoms with E-state index in [9.17, 15) is 4.79 Å². The molecule has 0 aliphatic carbocycles. The largest absolute Gasteiger partial charge is 0.377 e. The van der Waals surface area contributed by atoms with Crippen LogP contribution in [-0.2, 0) is 11.3 Å². The summed E-state index contributed by atoms with van der Waals surface area (Å²) in [6.07, 6.45) is 3.07. The Morgan fingerprint density at radius 3 is 3.24 bits per heavy atom. The van der Waals surface area contributed by atoms with E-state index in [1.807, 2.05) is 0 Å². The maximum atomic E-state index is 11.6. The predicted molar refractivity (Wildman–Crippen MR) is 59.6 cm³/mol. The second kappa shape index (κ2) is 3.63. The molecule has 86 valence electrons. The van der Waals surface area contributed by atoms with Crippen LogP contribution in [-0.4, -0.2) is 31.7 Å². The summed E-state index contributed by atoms with van der Waals surface area (Å²) in [5, 5.41) is 4.72. The van der Waals surface area contributed by atoms with Crippen molar-refractivity contribution >= 4 is 16.7 Å². The van der Waals surface area contributed by atoms with Crippen molar-refractivity contribution in [3.8, 4) is 0 Å². The topological polar surface area (TPSA) is 85.2 Å². The van der Waals surface area contributed by atoms with E-state index in [0.29, 0.717) is 29.1 Å². The van der Waals surface area contributed by atoms with E-state index in [1.54, 1.807) is 23.9 Å². The molecule has 3 rings (SSSR count). The third kappa shape index (κ3) is 1.48. The predicted octanol–water partition coefficient (Wildman–Crippen LogP) is 0.112. The van der Waals surface area contributed by atoms with Gasteiger partial charge < -0.3 is 9.72 Å². The molecule has 0 aliphatic rings. The second-order valence-electron chi connectivity index (χ2n) is 3.54. The smallest absolute Gasteiger partial charge is 0.258 e. The molecule has 3 aromatic rings. The van der Waals surface area contributed by atoms with E-state index in [-0.39, 0.29) is 5.56 Å². The van der Waals surface area contributed by atoms with E-state index in [1.165, 1.54) is 6.20 Å².